The summed E-state index contributed by atoms with van der Waals surface area (Å²) in [5.41, 5.74) is 5.69. The molecule has 0 saturated carbocycles. The van der Waals surface area contributed by atoms with Gasteiger partial charge in [-0.15, -0.1) is 0 Å². The lowest BCUT2D eigenvalue weighted by Gasteiger charge is -2.47. The molecule has 3 aromatic rings. The van der Waals surface area contributed by atoms with Crippen LogP contribution in [0, 0.1) is 5.92 Å². The van der Waals surface area contributed by atoms with Crippen LogP contribution in [0.25, 0.3) is 11.1 Å². The lowest BCUT2D eigenvalue weighted by molar-refractivity contribution is 0.00651. The number of hydrogen-bond donors (Lipinski definition) is 0. The maximum atomic E-state index is 13.4. The summed E-state index contributed by atoms with van der Waals surface area (Å²) in [6.07, 6.45) is 4.23. The Morgan fingerprint density at radius 3 is 1.94 bits per heavy atom. The van der Waals surface area contributed by atoms with Gasteiger partial charge in [-0.2, -0.15) is 0 Å². The number of hydrogen-bond acceptors (Lipinski definition) is 3. The zero-order valence-corrected chi connectivity index (χ0v) is 19.2. The Balaban J connectivity index is 1.17. The van der Waals surface area contributed by atoms with Gasteiger partial charge in [0.05, 0.1) is 0 Å². The van der Waals surface area contributed by atoms with E-state index in [4.69, 9.17) is 4.74 Å². The molecule has 3 aliphatic rings. The minimum atomic E-state index is -0.220. The summed E-state index contributed by atoms with van der Waals surface area (Å²) in [4.78, 5) is 28.4. The van der Waals surface area contributed by atoms with Gasteiger partial charge < -0.3 is 9.64 Å². The van der Waals surface area contributed by atoms with Crippen molar-refractivity contribution in [2.24, 2.45) is 5.92 Å². The molecule has 2 atom stereocenters. The highest BCUT2D eigenvalue weighted by molar-refractivity contribution is 5.98. The number of carbonyl (C=O) groups is 2. The zero-order chi connectivity index (χ0) is 23.1. The highest BCUT2D eigenvalue weighted by atomic mass is 16.6. The summed E-state index contributed by atoms with van der Waals surface area (Å²) in [5, 5.41) is 0. The van der Waals surface area contributed by atoms with Crippen molar-refractivity contribution >= 4 is 11.9 Å². The minimum Gasteiger partial charge on any atom is -0.448 e. The summed E-state index contributed by atoms with van der Waals surface area (Å²) in [5.74, 6) is 0.258. The van der Waals surface area contributed by atoms with Crippen molar-refractivity contribution in [2.45, 2.75) is 50.1 Å². The van der Waals surface area contributed by atoms with E-state index in [2.05, 4.69) is 48.5 Å². The molecule has 2 fully saturated rings. The van der Waals surface area contributed by atoms with Gasteiger partial charge in [0.1, 0.15) is 6.61 Å². The highest BCUT2D eigenvalue weighted by Crippen LogP contribution is 2.45. The fourth-order valence-electron chi connectivity index (χ4n) is 6.40. The first-order valence-corrected chi connectivity index (χ1v) is 12.4. The number of piperidine rings is 2. The topological polar surface area (TPSA) is 46.6 Å². The number of amides is 1. The Bertz CT molecular complexity index is 1160. The first-order valence-electron chi connectivity index (χ1n) is 12.4. The molecular formula is C30H29NO3. The lowest BCUT2D eigenvalue weighted by Crippen LogP contribution is -2.55. The Morgan fingerprint density at radius 2 is 1.32 bits per heavy atom. The normalized spacial score (nSPS) is 23.2. The van der Waals surface area contributed by atoms with E-state index in [0.717, 1.165) is 37.7 Å². The van der Waals surface area contributed by atoms with Gasteiger partial charge in [-0.25, -0.2) is 4.79 Å². The van der Waals surface area contributed by atoms with Crippen LogP contribution in [-0.4, -0.2) is 35.5 Å². The van der Waals surface area contributed by atoms with Gasteiger partial charge in [-0.05, 0) is 54.4 Å². The standard InChI is InChI=1S/C30H29NO3/c32-29(20-9-2-1-3-10-20)21-17-22-11-8-12-23(18-21)31(22)30(33)34-19-28-26-15-6-4-13-24(26)25-14-5-7-16-27(25)28/h1-7,9-10,13-16,21-23,28H,8,11-12,17-19H2. The Labute approximate surface area is 200 Å². The molecule has 0 aromatic heterocycles. The molecule has 3 aromatic carbocycles. The predicted octanol–water partition coefficient (Wildman–Crippen LogP) is 6.45. The minimum absolute atomic E-state index is 0.0182. The van der Waals surface area contributed by atoms with Crippen molar-refractivity contribution in [1.82, 2.24) is 4.90 Å². The molecule has 4 heteroatoms. The van der Waals surface area contributed by atoms with Gasteiger partial charge in [0, 0.05) is 29.5 Å². The van der Waals surface area contributed by atoms with E-state index >= 15 is 0 Å². The molecule has 0 spiro atoms. The van der Waals surface area contributed by atoms with Crippen molar-refractivity contribution in [3.63, 3.8) is 0 Å². The first-order chi connectivity index (χ1) is 16.7. The molecule has 6 rings (SSSR count). The van der Waals surface area contributed by atoms with Crippen molar-refractivity contribution in [1.29, 1.82) is 0 Å². The second-order valence-electron chi connectivity index (χ2n) is 9.85. The molecule has 34 heavy (non-hydrogen) atoms. The molecule has 2 saturated heterocycles. The summed E-state index contributed by atoms with van der Waals surface area (Å²) >= 11 is 0. The van der Waals surface area contributed by atoms with Crippen LogP contribution in [0.5, 0.6) is 0 Å². The van der Waals surface area contributed by atoms with Gasteiger partial charge in [0.15, 0.2) is 5.78 Å². The number of fused-ring (bicyclic) bond motifs is 5. The first kappa shape index (κ1) is 21.2. The summed E-state index contributed by atoms with van der Waals surface area (Å²) in [6.45, 7) is 0.342. The van der Waals surface area contributed by atoms with Crippen LogP contribution in [0.4, 0.5) is 4.79 Å². The zero-order valence-electron chi connectivity index (χ0n) is 19.2. The molecule has 2 heterocycles. The molecule has 0 radical (unpaired) electrons. The summed E-state index contributed by atoms with van der Waals surface area (Å²) in [7, 11) is 0. The third kappa shape index (κ3) is 3.62. The third-order valence-electron chi connectivity index (χ3n) is 7.95. The van der Waals surface area contributed by atoms with Gasteiger partial charge in [0.2, 0.25) is 0 Å². The van der Waals surface area contributed by atoms with Gasteiger partial charge in [-0.3, -0.25) is 4.79 Å². The van der Waals surface area contributed by atoms with E-state index in [9.17, 15) is 9.59 Å². The molecule has 1 amide bonds. The number of ether oxygens (including phenoxy) is 1. The van der Waals surface area contributed by atoms with E-state index in [1.165, 1.54) is 22.3 Å². The molecule has 2 unspecified atom stereocenters. The third-order valence-corrected chi connectivity index (χ3v) is 7.95. The van der Waals surface area contributed by atoms with Crippen LogP contribution >= 0.6 is 0 Å². The second-order valence-corrected chi connectivity index (χ2v) is 9.85. The molecule has 2 aliphatic heterocycles. The van der Waals surface area contributed by atoms with Crippen molar-refractivity contribution in [2.75, 3.05) is 6.61 Å². The number of nitrogens with zero attached hydrogens (tertiary/aromatic N) is 1. The van der Waals surface area contributed by atoms with Crippen LogP contribution in [0.3, 0.4) is 0 Å². The number of Topliss-reactive ketones (excluding diaryl/α,β-unsaturated/α-hetero) is 1. The van der Waals surface area contributed by atoms with E-state index < -0.39 is 0 Å². The van der Waals surface area contributed by atoms with Crippen LogP contribution in [0.15, 0.2) is 78.9 Å². The fraction of sp³-hybridized carbons (Fsp3) is 0.333. The molecule has 0 N–H and O–H groups in total. The van der Waals surface area contributed by atoms with Crippen LogP contribution in [0.2, 0.25) is 0 Å². The van der Waals surface area contributed by atoms with Crippen LogP contribution in [0.1, 0.15) is 59.5 Å². The Morgan fingerprint density at radius 1 is 0.765 bits per heavy atom. The van der Waals surface area contributed by atoms with Crippen molar-refractivity contribution < 1.29 is 14.3 Å². The molecule has 1 aliphatic carbocycles. The monoisotopic (exact) mass is 451 g/mol. The SMILES string of the molecule is O=C(c1ccccc1)C1CC2CCCC(C1)N2C(=O)OCC1c2ccccc2-c2ccccc21. The van der Waals surface area contributed by atoms with E-state index in [1.807, 2.05) is 35.2 Å². The average Bonchev–Trinajstić information content (AvgIpc) is 3.20. The number of ketones is 1. The highest BCUT2D eigenvalue weighted by Gasteiger charge is 2.44. The quantitative estimate of drug-likeness (QED) is 0.428. The Kier molecular flexibility index (Phi) is 5.44. The maximum Gasteiger partial charge on any atom is 0.410 e. The number of benzene rings is 3. The molecule has 4 nitrogen and oxygen atoms in total. The second kappa shape index (κ2) is 8.75. The van der Waals surface area contributed by atoms with Gasteiger partial charge in [-0.1, -0.05) is 78.9 Å². The Hall–Kier alpha value is -3.40. The van der Waals surface area contributed by atoms with E-state index in [1.54, 1.807) is 0 Å². The average molecular weight is 452 g/mol. The van der Waals surface area contributed by atoms with Crippen molar-refractivity contribution in [3.8, 4) is 11.1 Å². The van der Waals surface area contributed by atoms with Crippen LogP contribution < -0.4 is 0 Å². The maximum absolute atomic E-state index is 13.4. The lowest BCUT2D eigenvalue weighted by atomic mass is 9.76. The number of rotatable bonds is 4. The largest absolute Gasteiger partial charge is 0.448 e. The number of carbonyl (C=O) groups excluding carboxylic acids is 2. The van der Waals surface area contributed by atoms with Gasteiger partial charge >= 0.3 is 6.09 Å². The van der Waals surface area contributed by atoms with Gasteiger partial charge in [0.25, 0.3) is 0 Å². The summed E-state index contributed by atoms with van der Waals surface area (Å²) in [6, 6.07) is 26.5. The fourth-order valence-corrected chi connectivity index (χ4v) is 6.40. The van der Waals surface area contributed by atoms with E-state index in [-0.39, 0.29) is 35.8 Å². The molecule has 172 valence electrons. The molecule has 2 bridgehead atoms. The predicted molar refractivity (Wildman–Crippen MR) is 132 cm³/mol. The van der Waals surface area contributed by atoms with Crippen molar-refractivity contribution in [3.05, 3.63) is 95.6 Å². The van der Waals surface area contributed by atoms with E-state index in [0.29, 0.717) is 6.61 Å². The molecular weight excluding hydrogens is 422 g/mol. The van der Waals surface area contributed by atoms with Crippen LogP contribution in [-0.2, 0) is 4.74 Å². The smallest absolute Gasteiger partial charge is 0.410 e. The summed E-state index contributed by atoms with van der Waals surface area (Å²) < 4.78 is 6.00.